The standard InChI is InChI=1S/C27H27ClN10O/c1-37-17-20(14-34-37)23-15-31-24(16-30-23)38(27(39)33-12-18-5-3-2-4-6-18)22-9-7-21(8-10-22)35-26-32-13-19(11-29)25(28)36-26/h2-6,13-17,21-22H,7-10,12H2,1H3,(H,33,39)(H,32,35,36)/t21-,22-. The molecule has 39 heavy (non-hydrogen) atoms. The van der Waals surface area contributed by atoms with Gasteiger partial charge in [-0.3, -0.25) is 14.6 Å². The summed E-state index contributed by atoms with van der Waals surface area (Å²) >= 11 is 6.06. The predicted octanol–water partition coefficient (Wildman–Crippen LogP) is 4.33. The lowest BCUT2D eigenvalue weighted by Gasteiger charge is -2.36. The van der Waals surface area contributed by atoms with Crippen LogP contribution in [0, 0.1) is 11.3 Å². The Morgan fingerprint density at radius 1 is 1.10 bits per heavy atom. The van der Waals surface area contributed by atoms with E-state index in [0.29, 0.717) is 24.0 Å². The van der Waals surface area contributed by atoms with Gasteiger partial charge in [0.05, 0.1) is 30.5 Å². The summed E-state index contributed by atoms with van der Waals surface area (Å²) in [6.07, 6.45) is 11.4. The second-order valence-corrected chi connectivity index (χ2v) is 9.69. The van der Waals surface area contributed by atoms with Crippen molar-refractivity contribution in [3.05, 3.63) is 77.6 Å². The quantitative estimate of drug-likeness (QED) is 0.329. The summed E-state index contributed by atoms with van der Waals surface area (Å²) in [5.41, 5.74) is 2.79. The number of halogens is 1. The molecule has 11 nitrogen and oxygen atoms in total. The van der Waals surface area contributed by atoms with E-state index in [1.165, 1.54) is 6.20 Å². The van der Waals surface area contributed by atoms with E-state index in [2.05, 4.69) is 35.7 Å². The van der Waals surface area contributed by atoms with Crippen molar-refractivity contribution in [3.63, 3.8) is 0 Å². The average molecular weight is 543 g/mol. The Morgan fingerprint density at radius 3 is 2.54 bits per heavy atom. The minimum absolute atomic E-state index is 0.0668. The maximum atomic E-state index is 13.5. The molecule has 0 aliphatic heterocycles. The molecule has 1 saturated carbocycles. The number of nitrogens with zero attached hydrogens (tertiary/aromatic N) is 8. The molecule has 12 heteroatoms. The van der Waals surface area contributed by atoms with Crippen molar-refractivity contribution in [2.24, 2.45) is 7.05 Å². The number of benzene rings is 1. The van der Waals surface area contributed by atoms with Crippen LogP contribution in [0.1, 0.15) is 36.8 Å². The van der Waals surface area contributed by atoms with E-state index in [9.17, 15) is 4.79 Å². The van der Waals surface area contributed by atoms with E-state index < -0.39 is 0 Å². The summed E-state index contributed by atoms with van der Waals surface area (Å²) in [4.78, 5) is 32.8. The SMILES string of the molecule is Cn1cc(-c2cnc(N(C(=O)NCc3ccccc3)[C@H]3CC[C@H](Nc4ncc(C#N)c(Cl)n4)CC3)cn2)cn1. The molecule has 2 amide bonds. The van der Waals surface area contributed by atoms with Crippen molar-refractivity contribution in [1.29, 1.82) is 5.26 Å². The van der Waals surface area contributed by atoms with Crippen LogP contribution in [-0.4, -0.2) is 47.8 Å². The van der Waals surface area contributed by atoms with Crippen molar-refractivity contribution in [2.75, 3.05) is 10.2 Å². The van der Waals surface area contributed by atoms with Crippen LogP contribution in [0.15, 0.2) is 61.3 Å². The monoisotopic (exact) mass is 542 g/mol. The van der Waals surface area contributed by atoms with E-state index in [1.54, 1.807) is 28.2 Å². The normalized spacial score (nSPS) is 16.7. The van der Waals surface area contributed by atoms with Crippen LogP contribution in [0.3, 0.4) is 0 Å². The molecule has 1 fully saturated rings. The minimum atomic E-state index is -0.221. The van der Waals surface area contributed by atoms with E-state index >= 15 is 0 Å². The first kappa shape index (κ1) is 26.1. The average Bonchev–Trinajstić information content (AvgIpc) is 3.40. The summed E-state index contributed by atoms with van der Waals surface area (Å²) in [6, 6.07) is 11.6. The Hall–Kier alpha value is -4.56. The Morgan fingerprint density at radius 2 is 1.90 bits per heavy atom. The van der Waals surface area contributed by atoms with Crippen LogP contribution >= 0.6 is 11.6 Å². The molecule has 1 aromatic carbocycles. The molecular weight excluding hydrogens is 516 g/mol. The number of aromatic nitrogens is 6. The van der Waals surface area contributed by atoms with Gasteiger partial charge in [0.2, 0.25) is 5.95 Å². The number of hydrogen-bond donors (Lipinski definition) is 2. The third-order valence-electron chi connectivity index (χ3n) is 6.65. The van der Waals surface area contributed by atoms with Gasteiger partial charge in [-0.15, -0.1) is 0 Å². The van der Waals surface area contributed by atoms with Gasteiger partial charge in [-0.05, 0) is 31.2 Å². The van der Waals surface area contributed by atoms with E-state index in [4.69, 9.17) is 16.9 Å². The summed E-state index contributed by atoms with van der Waals surface area (Å²) in [5, 5.41) is 19.7. The first-order valence-corrected chi connectivity index (χ1v) is 13.0. The van der Waals surface area contributed by atoms with Gasteiger partial charge in [-0.2, -0.15) is 15.3 Å². The van der Waals surface area contributed by atoms with E-state index in [0.717, 1.165) is 36.8 Å². The molecule has 1 aliphatic carbocycles. The summed E-state index contributed by atoms with van der Waals surface area (Å²) < 4.78 is 1.71. The van der Waals surface area contributed by atoms with Gasteiger partial charge < -0.3 is 10.6 Å². The highest BCUT2D eigenvalue weighted by Crippen LogP contribution is 2.29. The number of amides is 2. The molecule has 0 unspecified atom stereocenters. The summed E-state index contributed by atoms with van der Waals surface area (Å²) in [6.45, 7) is 0.408. The maximum absolute atomic E-state index is 13.5. The number of carbonyl (C=O) groups is 1. The molecule has 3 aromatic heterocycles. The fourth-order valence-corrected chi connectivity index (χ4v) is 4.80. The van der Waals surface area contributed by atoms with Gasteiger partial charge in [-0.25, -0.2) is 14.8 Å². The molecule has 2 N–H and O–H groups in total. The molecule has 0 spiro atoms. The lowest BCUT2D eigenvalue weighted by atomic mass is 9.90. The molecule has 0 saturated heterocycles. The second kappa shape index (κ2) is 11.9. The number of aryl methyl sites for hydroxylation is 1. The van der Waals surface area contributed by atoms with Crippen LogP contribution in [0.25, 0.3) is 11.3 Å². The number of anilines is 2. The van der Waals surface area contributed by atoms with Gasteiger partial charge in [0.1, 0.15) is 11.6 Å². The highest BCUT2D eigenvalue weighted by atomic mass is 35.5. The minimum Gasteiger partial charge on any atom is -0.351 e. The fraction of sp³-hybridized carbons (Fsp3) is 0.296. The number of urea groups is 1. The van der Waals surface area contributed by atoms with Gasteiger partial charge in [-0.1, -0.05) is 41.9 Å². The number of nitrogens with one attached hydrogen (secondary N) is 2. The molecule has 3 heterocycles. The van der Waals surface area contributed by atoms with Crippen molar-refractivity contribution in [1.82, 2.24) is 35.0 Å². The van der Waals surface area contributed by atoms with Crippen LogP contribution in [0.4, 0.5) is 16.6 Å². The molecule has 198 valence electrons. The zero-order valence-electron chi connectivity index (χ0n) is 21.3. The van der Waals surface area contributed by atoms with Gasteiger partial charge in [0.25, 0.3) is 0 Å². The fourth-order valence-electron chi connectivity index (χ4n) is 4.63. The third-order valence-corrected chi connectivity index (χ3v) is 6.94. The van der Waals surface area contributed by atoms with Gasteiger partial charge >= 0.3 is 6.03 Å². The highest BCUT2D eigenvalue weighted by Gasteiger charge is 2.31. The van der Waals surface area contributed by atoms with Gasteiger partial charge in [0, 0.05) is 37.4 Å². The van der Waals surface area contributed by atoms with Gasteiger partial charge in [0.15, 0.2) is 11.0 Å². The van der Waals surface area contributed by atoms with Crippen LogP contribution < -0.4 is 15.5 Å². The van der Waals surface area contributed by atoms with Crippen LogP contribution in [-0.2, 0) is 13.6 Å². The number of nitriles is 1. The number of rotatable bonds is 7. The van der Waals surface area contributed by atoms with Crippen LogP contribution in [0.2, 0.25) is 5.15 Å². The molecule has 0 atom stereocenters. The molecule has 1 aliphatic rings. The zero-order chi connectivity index (χ0) is 27.2. The number of hydrogen-bond acceptors (Lipinski definition) is 8. The van der Waals surface area contributed by atoms with Crippen molar-refractivity contribution >= 4 is 29.4 Å². The van der Waals surface area contributed by atoms with E-state index in [-0.39, 0.29) is 28.8 Å². The first-order valence-electron chi connectivity index (χ1n) is 12.6. The molecule has 5 rings (SSSR count). The Kier molecular flexibility index (Phi) is 7.94. The molecule has 0 radical (unpaired) electrons. The third kappa shape index (κ3) is 6.30. The lowest BCUT2D eigenvalue weighted by molar-refractivity contribution is 0.240. The van der Waals surface area contributed by atoms with E-state index in [1.807, 2.05) is 49.6 Å². The predicted molar refractivity (Wildman–Crippen MR) is 147 cm³/mol. The maximum Gasteiger partial charge on any atom is 0.323 e. The number of carbonyl (C=O) groups excluding carboxylic acids is 1. The molecular formula is C27H27ClN10O. The topological polar surface area (TPSA) is 138 Å². The zero-order valence-corrected chi connectivity index (χ0v) is 22.1. The highest BCUT2D eigenvalue weighted by molar-refractivity contribution is 6.30. The largest absolute Gasteiger partial charge is 0.351 e. The van der Waals surface area contributed by atoms with Crippen molar-refractivity contribution < 1.29 is 4.79 Å². The summed E-state index contributed by atoms with van der Waals surface area (Å²) in [7, 11) is 1.84. The molecule has 4 aromatic rings. The lowest BCUT2D eigenvalue weighted by Crippen LogP contribution is -2.49. The summed E-state index contributed by atoms with van der Waals surface area (Å²) in [5.74, 6) is 0.878. The second-order valence-electron chi connectivity index (χ2n) is 9.34. The van der Waals surface area contributed by atoms with Crippen LogP contribution in [0.5, 0.6) is 0 Å². The Labute approximate surface area is 230 Å². The first-order chi connectivity index (χ1) is 19.0. The smallest absolute Gasteiger partial charge is 0.323 e. The Balaban J connectivity index is 1.30. The Bertz CT molecular complexity index is 1460. The molecule has 0 bridgehead atoms. The van der Waals surface area contributed by atoms with Crippen molar-refractivity contribution in [2.45, 2.75) is 44.3 Å². The van der Waals surface area contributed by atoms with Crippen molar-refractivity contribution in [3.8, 4) is 17.3 Å².